The van der Waals surface area contributed by atoms with E-state index in [9.17, 15) is 4.79 Å². The third-order valence-corrected chi connectivity index (χ3v) is 3.71. The van der Waals surface area contributed by atoms with Crippen molar-refractivity contribution in [3.63, 3.8) is 0 Å². The van der Waals surface area contributed by atoms with Gasteiger partial charge in [0.25, 0.3) is 0 Å². The van der Waals surface area contributed by atoms with E-state index in [1.807, 2.05) is 51.1 Å². The molecule has 0 spiro atoms. The summed E-state index contributed by atoms with van der Waals surface area (Å²) in [4.78, 5) is 12.0. The second kappa shape index (κ2) is 7.78. The summed E-state index contributed by atoms with van der Waals surface area (Å²) in [6.45, 7) is 6.00. The molecule has 0 aliphatic carbocycles. The van der Waals surface area contributed by atoms with E-state index < -0.39 is 0 Å². The molecule has 1 aromatic carbocycles. The lowest BCUT2D eigenvalue weighted by Crippen LogP contribution is -2.38. The number of benzene rings is 1. The summed E-state index contributed by atoms with van der Waals surface area (Å²) in [7, 11) is 0. The summed E-state index contributed by atoms with van der Waals surface area (Å²) in [5.74, 6) is 0.499. The van der Waals surface area contributed by atoms with Gasteiger partial charge < -0.3 is 10.4 Å². The number of nitrogens with one attached hydrogen (secondary N) is 2. The fourth-order valence-corrected chi connectivity index (χ4v) is 2.35. The number of nitrogens with zero attached hydrogens (tertiary/aromatic N) is 2. The molecule has 0 saturated carbocycles. The van der Waals surface area contributed by atoms with Crippen molar-refractivity contribution in [2.75, 3.05) is 11.9 Å². The van der Waals surface area contributed by atoms with Crippen LogP contribution in [0.5, 0.6) is 0 Å². The summed E-state index contributed by atoms with van der Waals surface area (Å²) in [5, 5.41) is 19.0. The Bertz CT molecular complexity index is 649. The van der Waals surface area contributed by atoms with Gasteiger partial charge in [0.2, 0.25) is 0 Å². The largest absolute Gasteiger partial charge is 0.396 e. The molecular formula is C17H24N4O2. The van der Waals surface area contributed by atoms with E-state index >= 15 is 0 Å². The van der Waals surface area contributed by atoms with E-state index in [0.717, 1.165) is 17.8 Å². The molecule has 23 heavy (non-hydrogen) atoms. The van der Waals surface area contributed by atoms with Crippen molar-refractivity contribution in [3.8, 4) is 5.69 Å². The number of carbonyl (C=O) groups excluding carboxylic acids is 1. The number of urea groups is 1. The monoisotopic (exact) mass is 316 g/mol. The first-order valence-corrected chi connectivity index (χ1v) is 7.85. The van der Waals surface area contributed by atoms with Gasteiger partial charge in [-0.25, -0.2) is 9.48 Å². The zero-order chi connectivity index (χ0) is 16.8. The number of aryl methyl sites for hydroxylation is 2. The van der Waals surface area contributed by atoms with Crippen LogP contribution in [0.25, 0.3) is 5.69 Å². The van der Waals surface area contributed by atoms with Crippen molar-refractivity contribution in [2.45, 2.75) is 39.7 Å². The number of aromatic nitrogens is 2. The third kappa shape index (κ3) is 4.56. The lowest BCUT2D eigenvalue weighted by molar-refractivity contribution is 0.237. The minimum atomic E-state index is -0.307. The van der Waals surface area contributed by atoms with Crippen molar-refractivity contribution >= 4 is 11.8 Å². The van der Waals surface area contributed by atoms with E-state index in [1.54, 1.807) is 4.68 Å². The topological polar surface area (TPSA) is 79.2 Å². The summed E-state index contributed by atoms with van der Waals surface area (Å²) in [5.41, 5.74) is 3.07. The maximum atomic E-state index is 12.0. The molecule has 0 aliphatic heterocycles. The molecule has 1 aromatic heterocycles. The Morgan fingerprint density at radius 1 is 1.30 bits per heavy atom. The smallest absolute Gasteiger partial charge is 0.320 e. The number of hydrogen-bond acceptors (Lipinski definition) is 3. The fourth-order valence-electron chi connectivity index (χ4n) is 2.35. The molecule has 6 heteroatoms. The summed E-state index contributed by atoms with van der Waals surface area (Å²) in [6.07, 6.45) is 1.31. The Hall–Kier alpha value is -2.34. The van der Waals surface area contributed by atoms with Gasteiger partial charge in [-0.3, -0.25) is 5.32 Å². The first kappa shape index (κ1) is 17.0. The average Bonchev–Trinajstić information content (AvgIpc) is 2.88. The van der Waals surface area contributed by atoms with Gasteiger partial charge in [-0.1, -0.05) is 24.6 Å². The highest BCUT2D eigenvalue weighted by molar-refractivity contribution is 5.88. The molecule has 0 fully saturated rings. The normalized spacial score (nSPS) is 12.0. The van der Waals surface area contributed by atoms with Crippen LogP contribution in [0.2, 0.25) is 0 Å². The van der Waals surface area contributed by atoms with Crippen LogP contribution >= 0.6 is 0 Å². The van der Waals surface area contributed by atoms with Gasteiger partial charge in [-0.15, -0.1) is 5.10 Å². The Labute approximate surface area is 136 Å². The third-order valence-electron chi connectivity index (χ3n) is 3.71. The molecule has 2 amide bonds. The first-order valence-electron chi connectivity index (χ1n) is 7.85. The van der Waals surface area contributed by atoms with E-state index in [-0.39, 0.29) is 18.7 Å². The summed E-state index contributed by atoms with van der Waals surface area (Å²) < 4.78 is 1.79. The van der Waals surface area contributed by atoms with E-state index in [1.165, 1.54) is 5.56 Å². The number of aliphatic hydroxyl groups excluding tert-OH is 1. The second-order valence-corrected chi connectivity index (χ2v) is 5.63. The Morgan fingerprint density at radius 3 is 2.61 bits per heavy atom. The Morgan fingerprint density at radius 2 is 2.00 bits per heavy atom. The molecule has 1 unspecified atom stereocenters. The van der Waals surface area contributed by atoms with Gasteiger partial charge in [0.15, 0.2) is 5.82 Å². The molecule has 124 valence electrons. The zero-order valence-electron chi connectivity index (χ0n) is 13.8. The molecule has 6 nitrogen and oxygen atoms in total. The van der Waals surface area contributed by atoms with Crippen molar-refractivity contribution in [1.82, 2.24) is 15.1 Å². The van der Waals surface area contributed by atoms with Crippen LogP contribution in [0.15, 0.2) is 30.3 Å². The standard InChI is InChI=1S/C17H24N4O2/c1-4-14(9-10-22)18-17(23)19-16-11-13(3)21(20-16)15-7-5-12(2)6-8-15/h5-8,11,14,22H,4,9-10H2,1-3H3,(H2,18,19,20,23). The molecule has 2 aromatic rings. The molecule has 3 N–H and O–H groups in total. The number of hydrogen-bond donors (Lipinski definition) is 3. The van der Waals surface area contributed by atoms with Crippen LogP contribution in [0.4, 0.5) is 10.6 Å². The molecule has 0 saturated heterocycles. The molecule has 1 atom stereocenters. The minimum absolute atomic E-state index is 0.0414. The van der Waals surface area contributed by atoms with Gasteiger partial charge in [-0.05, 0) is 38.8 Å². The molecule has 0 radical (unpaired) electrons. The molecular weight excluding hydrogens is 292 g/mol. The highest BCUT2D eigenvalue weighted by Crippen LogP contribution is 2.15. The lowest BCUT2D eigenvalue weighted by atomic mass is 10.2. The van der Waals surface area contributed by atoms with E-state index in [0.29, 0.717) is 12.2 Å². The number of rotatable bonds is 6. The maximum absolute atomic E-state index is 12.0. The van der Waals surface area contributed by atoms with Crippen molar-refractivity contribution in [1.29, 1.82) is 0 Å². The van der Waals surface area contributed by atoms with Crippen molar-refractivity contribution in [3.05, 3.63) is 41.6 Å². The zero-order valence-corrected chi connectivity index (χ0v) is 13.8. The number of anilines is 1. The van der Waals surface area contributed by atoms with Crippen LogP contribution in [0.3, 0.4) is 0 Å². The second-order valence-electron chi connectivity index (χ2n) is 5.63. The predicted molar refractivity (Wildman–Crippen MR) is 91.0 cm³/mol. The minimum Gasteiger partial charge on any atom is -0.396 e. The van der Waals surface area contributed by atoms with Crippen LogP contribution in [-0.4, -0.2) is 33.6 Å². The molecule has 0 aliphatic rings. The number of carbonyl (C=O) groups is 1. The van der Waals surface area contributed by atoms with Crippen molar-refractivity contribution in [2.24, 2.45) is 0 Å². The fraction of sp³-hybridized carbons (Fsp3) is 0.412. The highest BCUT2D eigenvalue weighted by Gasteiger charge is 2.12. The van der Waals surface area contributed by atoms with Crippen LogP contribution in [0.1, 0.15) is 31.0 Å². The van der Waals surface area contributed by atoms with Gasteiger partial charge >= 0.3 is 6.03 Å². The van der Waals surface area contributed by atoms with E-state index in [4.69, 9.17) is 5.11 Å². The average molecular weight is 316 g/mol. The van der Waals surface area contributed by atoms with Gasteiger partial charge in [0, 0.05) is 24.4 Å². The van der Waals surface area contributed by atoms with E-state index in [2.05, 4.69) is 15.7 Å². The summed E-state index contributed by atoms with van der Waals surface area (Å²) in [6, 6.07) is 9.51. The SMILES string of the molecule is CCC(CCO)NC(=O)Nc1cc(C)n(-c2ccc(C)cc2)n1. The maximum Gasteiger partial charge on any atom is 0.320 e. The number of aliphatic hydroxyl groups is 1. The van der Waals surface area contributed by atoms with Crippen LogP contribution in [0, 0.1) is 13.8 Å². The molecule has 0 bridgehead atoms. The Kier molecular flexibility index (Phi) is 5.76. The van der Waals surface area contributed by atoms with Crippen LogP contribution in [-0.2, 0) is 0 Å². The number of amides is 2. The highest BCUT2D eigenvalue weighted by atomic mass is 16.3. The quantitative estimate of drug-likeness (QED) is 0.766. The van der Waals surface area contributed by atoms with Crippen LogP contribution < -0.4 is 10.6 Å². The van der Waals surface area contributed by atoms with Gasteiger partial charge in [0.05, 0.1) is 5.69 Å². The van der Waals surface area contributed by atoms with Gasteiger partial charge in [0.1, 0.15) is 0 Å². The first-order chi connectivity index (χ1) is 11.0. The lowest BCUT2D eigenvalue weighted by Gasteiger charge is -2.15. The molecule has 2 rings (SSSR count). The predicted octanol–water partition coefficient (Wildman–Crippen LogP) is 2.77. The Balaban J connectivity index is 2.06. The summed E-state index contributed by atoms with van der Waals surface area (Å²) >= 11 is 0. The van der Waals surface area contributed by atoms with Gasteiger partial charge in [-0.2, -0.15) is 0 Å². The molecule has 1 heterocycles. The van der Waals surface area contributed by atoms with Crippen molar-refractivity contribution < 1.29 is 9.90 Å².